The molecule has 0 saturated carbocycles. The van der Waals surface area contributed by atoms with Crippen molar-refractivity contribution < 1.29 is 19.4 Å². The maximum absolute atomic E-state index is 12.6. The standard InChI is InChI=1S/C28H29NO4/c1-28(2,3)33-26(27(30)31)25-24(20-14-16-21(32-4)17-15-20)22-12-8-9-13-23(22)29(25)18-19-10-6-5-7-11-19/h5-17,26H,18H2,1-4H3,(H,30,31). The molecule has 0 fully saturated rings. The molecule has 0 bridgehead atoms. The lowest BCUT2D eigenvalue weighted by atomic mass is 9.99. The Balaban J connectivity index is 2.03. The molecule has 4 aromatic rings. The van der Waals surface area contributed by atoms with Crippen molar-refractivity contribution in [2.24, 2.45) is 0 Å². The van der Waals surface area contributed by atoms with Gasteiger partial charge in [-0.2, -0.15) is 0 Å². The lowest BCUT2D eigenvalue weighted by molar-refractivity contribution is -0.161. The molecule has 0 spiro atoms. The minimum absolute atomic E-state index is 0.532. The normalized spacial score (nSPS) is 12.6. The van der Waals surface area contributed by atoms with E-state index >= 15 is 0 Å². The van der Waals surface area contributed by atoms with E-state index < -0.39 is 17.7 Å². The van der Waals surface area contributed by atoms with Gasteiger partial charge in [-0.25, -0.2) is 4.79 Å². The molecule has 0 saturated heterocycles. The SMILES string of the molecule is COc1ccc(-c2c(C(OC(C)(C)C)C(=O)O)n(Cc3ccccc3)c3ccccc23)cc1. The number of rotatable bonds is 7. The largest absolute Gasteiger partial charge is 0.497 e. The van der Waals surface area contributed by atoms with E-state index in [0.717, 1.165) is 33.3 Å². The number of carboxylic acid groups (broad SMARTS) is 1. The first-order valence-corrected chi connectivity index (χ1v) is 11.0. The van der Waals surface area contributed by atoms with Crippen molar-refractivity contribution in [2.45, 2.75) is 39.0 Å². The topological polar surface area (TPSA) is 60.7 Å². The van der Waals surface area contributed by atoms with E-state index in [0.29, 0.717) is 12.2 Å². The maximum atomic E-state index is 12.6. The average Bonchev–Trinajstić information content (AvgIpc) is 3.11. The summed E-state index contributed by atoms with van der Waals surface area (Å²) in [4.78, 5) is 12.6. The van der Waals surface area contributed by atoms with Crippen LogP contribution >= 0.6 is 0 Å². The monoisotopic (exact) mass is 443 g/mol. The number of fused-ring (bicyclic) bond motifs is 1. The number of carbonyl (C=O) groups is 1. The van der Waals surface area contributed by atoms with Gasteiger partial charge in [0.2, 0.25) is 0 Å². The van der Waals surface area contributed by atoms with Crippen molar-refractivity contribution in [2.75, 3.05) is 7.11 Å². The van der Waals surface area contributed by atoms with Crippen LogP contribution < -0.4 is 4.74 Å². The molecule has 0 aliphatic carbocycles. The summed E-state index contributed by atoms with van der Waals surface area (Å²) < 4.78 is 13.6. The fourth-order valence-electron chi connectivity index (χ4n) is 4.17. The molecule has 4 rings (SSSR count). The second-order valence-electron chi connectivity index (χ2n) is 9.03. The molecule has 33 heavy (non-hydrogen) atoms. The van der Waals surface area contributed by atoms with E-state index in [1.165, 1.54) is 0 Å². The maximum Gasteiger partial charge on any atom is 0.339 e. The lowest BCUT2D eigenvalue weighted by Gasteiger charge is -2.27. The smallest absolute Gasteiger partial charge is 0.339 e. The van der Waals surface area contributed by atoms with Gasteiger partial charge in [0.15, 0.2) is 6.10 Å². The Morgan fingerprint density at radius 3 is 2.18 bits per heavy atom. The van der Waals surface area contributed by atoms with E-state index in [9.17, 15) is 9.90 Å². The van der Waals surface area contributed by atoms with Gasteiger partial charge in [-0.05, 0) is 50.1 Å². The summed E-state index contributed by atoms with van der Waals surface area (Å²) in [7, 11) is 1.63. The number of benzene rings is 3. The zero-order chi connectivity index (χ0) is 23.6. The van der Waals surface area contributed by atoms with Crippen LogP contribution in [0.1, 0.15) is 38.1 Å². The molecule has 0 aliphatic heterocycles. The zero-order valence-corrected chi connectivity index (χ0v) is 19.4. The second kappa shape index (κ2) is 9.12. The van der Waals surface area contributed by atoms with E-state index in [1.807, 2.05) is 99.6 Å². The van der Waals surface area contributed by atoms with Crippen LogP contribution in [0.3, 0.4) is 0 Å². The molecule has 3 aromatic carbocycles. The number of methoxy groups -OCH3 is 1. The van der Waals surface area contributed by atoms with Gasteiger partial charge in [0.25, 0.3) is 0 Å². The van der Waals surface area contributed by atoms with Gasteiger partial charge in [0, 0.05) is 23.0 Å². The number of nitrogens with zero attached hydrogens (tertiary/aromatic N) is 1. The van der Waals surface area contributed by atoms with E-state index in [1.54, 1.807) is 7.11 Å². The number of aromatic nitrogens is 1. The van der Waals surface area contributed by atoms with Crippen molar-refractivity contribution in [1.82, 2.24) is 4.57 Å². The molecule has 5 nitrogen and oxygen atoms in total. The Labute approximate surface area is 194 Å². The van der Waals surface area contributed by atoms with Crippen LogP contribution in [0.2, 0.25) is 0 Å². The van der Waals surface area contributed by atoms with Crippen molar-refractivity contribution in [3.8, 4) is 16.9 Å². The van der Waals surface area contributed by atoms with Crippen LogP contribution in [0.4, 0.5) is 0 Å². The van der Waals surface area contributed by atoms with Gasteiger partial charge in [-0.15, -0.1) is 0 Å². The summed E-state index contributed by atoms with van der Waals surface area (Å²) in [5, 5.41) is 11.3. The molecule has 1 unspecified atom stereocenters. The van der Waals surface area contributed by atoms with Gasteiger partial charge in [-0.3, -0.25) is 0 Å². The van der Waals surface area contributed by atoms with Crippen LogP contribution in [0.25, 0.3) is 22.0 Å². The first-order valence-electron chi connectivity index (χ1n) is 11.0. The van der Waals surface area contributed by atoms with Gasteiger partial charge >= 0.3 is 5.97 Å². The van der Waals surface area contributed by atoms with Gasteiger partial charge in [-0.1, -0.05) is 60.7 Å². The summed E-state index contributed by atoms with van der Waals surface area (Å²) in [6.07, 6.45) is -1.14. The predicted molar refractivity (Wildman–Crippen MR) is 131 cm³/mol. The number of para-hydroxylation sites is 1. The summed E-state index contributed by atoms with van der Waals surface area (Å²) >= 11 is 0. The van der Waals surface area contributed by atoms with Gasteiger partial charge in [0.05, 0.1) is 18.4 Å². The summed E-state index contributed by atoms with van der Waals surface area (Å²) in [5.41, 5.74) is 3.81. The molecule has 0 aliphatic rings. The third-order valence-corrected chi connectivity index (χ3v) is 5.52. The fourth-order valence-corrected chi connectivity index (χ4v) is 4.17. The highest BCUT2D eigenvalue weighted by atomic mass is 16.5. The number of ether oxygens (including phenoxy) is 2. The molecule has 0 radical (unpaired) electrons. The van der Waals surface area contributed by atoms with Crippen LogP contribution in [0.15, 0.2) is 78.9 Å². The van der Waals surface area contributed by atoms with Crippen molar-refractivity contribution >= 4 is 16.9 Å². The minimum atomic E-state index is -1.14. The Hall–Kier alpha value is -3.57. The molecular weight excluding hydrogens is 414 g/mol. The van der Waals surface area contributed by atoms with Crippen molar-refractivity contribution in [3.63, 3.8) is 0 Å². The molecule has 5 heteroatoms. The quantitative estimate of drug-likeness (QED) is 0.364. The van der Waals surface area contributed by atoms with Crippen LogP contribution in [0, 0.1) is 0 Å². The molecule has 1 N–H and O–H groups in total. The highest BCUT2D eigenvalue weighted by Crippen LogP contribution is 2.41. The first kappa shape index (κ1) is 22.6. The average molecular weight is 444 g/mol. The number of hydrogen-bond acceptors (Lipinski definition) is 3. The van der Waals surface area contributed by atoms with Crippen molar-refractivity contribution in [3.05, 3.63) is 90.1 Å². The summed E-state index contributed by atoms with van der Waals surface area (Å²) in [6.45, 7) is 6.16. The van der Waals surface area contributed by atoms with Gasteiger partial charge in [0.1, 0.15) is 5.75 Å². The third kappa shape index (κ3) is 4.78. The summed E-state index contributed by atoms with van der Waals surface area (Å²) in [6, 6.07) is 25.8. The van der Waals surface area contributed by atoms with E-state index in [4.69, 9.17) is 9.47 Å². The summed E-state index contributed by atoms with van der Waals surface area (Å²) in [5.74, 6) is -0.272. The molecule has 170 valence electrons. The van der Waals surface area contributed by atoms with Crippen LogP contribution in [-0.4, -0.2) is 28.4 Å². The van der Waals surface area contributed by atoms with Gasteiger partial charge < -0.3 is 19.1 Å². The number of carboxylic acids is 1. The first-order chi connectivity index (χ1) is 15.8. The van der Waals surface area contributed by atoms with Crippen LogP contribution in [-0.2, 0) is 16.1 Å². The Bertz CT molecular complexity index is 1250. The Morgan fingerprint density at radius 2 is 1.58 bits per heavy atom. The highest BCUT2D eigenvalue weighted by Gasteiger charge is 2.34. The third-order valence-electron chi connectivity index (χ3n) is 5.52. The molecule has 0 amide bonds. The van der Waals surface area contributed by atoms with Crippen molar-refractivity contribution in [1.29, 1.82) is 0 Å². The highest BCUT2D eigenvalue weighted by molar-refractivity contribution is 6.00. The Kier molecular flexibility index (Phi) is 6.25. The zero-order valence-electron chi connectivity index (χ0n) is 19.4. The number of hydrogen-bond donors (Lipinski definition) is 1. The molecule has 1 atom stereocenters. The fraction of sp³-hybridized carbons (Fsp3) is 0.250. The number of aliphatic carboxylic acids is 1. The van der Waals surface area contributed by atoms with Crippen LogP contribution in [0.5, 0.6) is 5.75 Å². The minimum Gasteiger partial charge on any atom is -0.497 e. The molecule has 1 heterocycles. The Morgan fingerprint density at radius 1 is 0.939 bits per heavy atom. The van der Waals surface area contributed by atoms with E-state index in [-0.39, 0.29) is 0 Å². The second-order valence-corrected chi connectivity index (χ2v) is 9.03. The molecular formula is C28H29NO4. The van der Waals surface area contributed by atoms with E-state index in [2.05, 4.69) is 4.57 Å². The predicted octanol–water partition coefficient (Wildman–Crippen LogP) is 6.31. The lowest BCUT2D eigenvalue weighted by Crippen LogP contribution is -2.29. The molecule has 1 aromatic heterocycles.